The topological polar surface area (TPSA) is 53.0 Å². The standard InChI is InChI=1S/C18H25F3N2O3/c1-22(13-17(24)25)15-6-9-23(10-7-15)8-3-11-26-16-5-2-4-14(12-16)18(19,20)21/h2,4-5,12,15H,3,6-11,13H2,1H3,(H,24,25). The molecule has 0 amide bonds. The number of benzene rings is 1. The molecule has 1 heterocycles. The molecule has 146 valence electrons. The van der Waals surface area contributed by atoms with E-state index in [1.54, 1.807) is 0 Å². The van der Waals surface area contributed by atoms with Crippen LogP contribution in [0.2, 0.25) is 0 Å². The Morgan fingerprint density at radius 2 is 2.04 bits per heavy atom. The Bertz CT molecular complexity index is 587. The normalized spacial score (nSPS) is 16.8. The first-order valence-corrected chi connectivity index (χ1v) is 8.70. The molecule has 1 saturated heterocycles. The van der Waals surface area contributed by atoms with Gasteiger partial charge >= 0.3 is 12.1 Å². The van der Waals surface area contributed by atoms with E-state index in [0.29, 0.717) is 6.61 Å². The summed E-state index contributed by atoms with van der Waals surface area (Å²) in [4.78, 5) is 14.9. The van der Waals surface area contributed by atoms with Crippen LogP contribution in [0.4, 0.5) is 13.2 Å². The third-order valence-corrected chi connectivity index (χ3v) is 4.61. The van der Waals surface area contributed by atoms with Crippen LogP contribution in [0.3, 0.4) is 0 Å². The molecule has 0 atom stereocenters. The first-order chi connectivity index (χ1) is 12.3. The molecule has 0 bridgehead atoms. The van der Waals surface area contributed by atoms with Crippen LogP contribution < -0.4 is 4.74 Å². The Balaban J connectivity index is 1.66. The van der Waals surface area contributed by atoms with E-state index < -0.39 is 17.7 Å². The number of nitrogens with zero attached hydrogens (tertiary/aromatic N) is 2. The Morgan fingerprint density at radius 3 is 2.65 bits per heavy atom. The molecular weight excluding hydrogens is 349 g/mol. The number of halogens is 3. The lowest BCUT2D eigenvalue weighted by Gasteiger charge is -2.36. The lowest BCUT2D eigenvalue weighted by Crippen LogP contribution is -2.45. The summed E-state index contributed by atoms with van der Waals surface area (Å²) in [7, 11) is 1.83. The Kier molecular flexibility index (Phi) is 7.28. The highest BCUT2D eigenvalue weighted by atomic mass is 19.4. The van der Waals surface area contributed by atoms with Crippen molar-refractivity contribution in [2.75, 3.05) is 39.8 Å². The monoisotopic (exact) mass is 374 g/mol. The van der Waals surface area contributed by atoms with Gasteiger partial charge in [0.2, 0.25) is 0 Å². The van der Waals surface area contributed by atoms with Gasteiger partial charge in [0.1, 0.15) is 5.75 Å². The van der Waals surface area contributed by atoms with Gasteiger partial charge in [-0.2, -0.15) is 13.2 Å². The molecule has 1 aliphatic rings. The Labute approximate surface area is 151 Å². The molecule has 0 spiro atoms. The van der Waals surface area contributed by atoms with E-state index in [2.05, 4.69) is 4.90 Å². The van der Waals surface area contributed by atoms with Crippen LogP contribution in [-0.2, 0) is 11.0 Å². The number of alkyl halides is 3. The lowest BCUT2D eigenvalue weighted by atomic mass is 10.0. The first-order valence-electron chi connectivity index (χ1n) is 8.70. The van der Waals surface area contributed by atoms with Crippen molar-refractivity contribution in [1.29, 1.82) is 0 Å². The molecule has 5 nitrogen and oxygen atoms in total. The van der Waals surface area contributed by atoms with Gasteiger partial charge in [0.05, 0.1) is 18.7 Å². The van der Waals surface area contributed by atoms with Crippen molar-refractivity contribution in [2.45, 2.75) is 31.5 Å². The molecule has 1 aromatic rings. The van der Waals surface area contributed by atoms with Crippen molar-refractivity contribution in [3.05, 3.63) is 29.8 Å². The van der Waals surface area contributed by atoms with Crippen LogP contribution in [0.1, 0.15) is 24.8 Å². The van der Waals surface area contributed by atoms with Gasteiger partial charge in [0.25, 0.3) is 0 Å². The highest BCUT2D eigenvalue weighted by Gasteiger charge is 2.30. The molecule has 1 aliphatic heterocycles. The van der Waals surface area contributed by atoms with Gasteiger partial charge in [-0.15, -0.1) is 0 Å². The molecule has 0 saturated carbocycles. The van der Waals surface area contributed by atoms with Crippen LogP contribution >= 0.6 is 0 Å². The fourth-order valence-electron chi connectivity index (χ4n) is 3.17. The maximum absolute atomic E-state index is 12.7. The van der Waals surface area contributed by atoms with E-state index in [1.807, 2.05) is 11.9 Å². The maximum atomic E-state index is 12.7. The number of carboxylic acids is 1. The second-order valence-electron chi connectivity index (χ2n) is 6.61. The minimum Gasteiger partial charge on any atom is -0.494 e. The minimum atomic E-state index is -4.36. The van der Waals surface area contributed by atoms with Crippen LogP contribution in [-0.4, -0.2) is 66.8 Å². The number of hydrogen-bond donors (Lipinski definition) is 1. The third-order valence-electron chi connectivity index (χ3n) is 4.61. The summed E-state index contributed by atoms with van der Waals surface area (Å²) >= 11 is 0. The summed E-state index contributed by atoms with van der Waals surface area (Å²) < 4.78 is 43.4. The van der Waals surface area contributed by atoms with E-state index in [0.717, 1.165) is 51.0 Å². The van der Waals surface area contributed by atoms with E-state index in [1.165, 1.54) is 12.1 Å². The number of likely N-dealkylation sites (N-methyl/N-ethyl adjacent to an activating group) is 1. The SMILES string of the molecule is CN(CC(=O)O)C1CCN(CCCOc2cccc(C(F)(F)F)c2)CC1. The zero-order chi connectivity index (χ0) is 19.2. The zero-order valence-corrected chi connectivity index (χ0v) is 14.8. The van der Waals surface area contributed by atoms with Crippen molar-refractivity contribution < 1.29 is 27.8 Å². The number of ether oxygens (including phenoxy) is 1. The predicted molar refractivity (Wildman–Crippen MR) is 91.3 cm³/mol. The molecule has 0 aromatic heterocycles. The van der Waals surface area contributed by atoms with Crippen molar-refractivity contribution in [3.8, 4) is 5.75 Å². The Morgan fingerprint density at radius 1 is 1.35 bits per heavy atom. The number of hydrogen-bond acceptors (Lipinski definition) is 4. The van der Waals surface area contributed by atoms with E-state index in [4.69, 9.17) is 9.84 Å². The number of likely N-dealkylation sites (tertiary alicyclic amines) is 1. The van der Waals surface area contributed by atoms with Crippen molar-refractivity contribution >= 4 is 5.97 Å². The average molecular weight is 374 g/mol. The van der Waals surface area contributed by atoms with E-state index in [9.17, 15) is 18.0 Å². The van der Waals surface area contributed by atoms with Gasteiger partial charge in [0, 0.05) is 12.6 Å². The molecule has 26 heavy (non-hydrogen) atoms. The summed E-state index contributed by atoms with van der Waals surface area (Å²) in [6.07, 6.45) is -1.81. The van der Waals surface area contributed by atoms with Gasteiger partial charge in [-0.1, -0.05) is 6.07 Å². The Hall–Kier alpha value is -1.80. The fourth-order valence-corrected chi connectivity index (χ4v) is 3.17. The number of carbonyl (C=O) groups is 1. The molecule has 8 heteroatoms. The second kappa shape index (κ2) is 9.23. The van der Waals surface area contributed by atoms with E-state index >= 15 is 0 Å². The third kappa shape index (κ3) is 6.49. The molecule has 0 unspecified atom stereocenters. The van der Waals surface area contributed by atoms with Crippen molar-refractivity contribution in [1.82, 2.24) is 9.80 Å². The highest BCUT2D eigenvalue weighted by Crippen LogP contribution is 2.31. The van der Waals surface area contributed by atoms with Gasteiger partial charge in [0.15, 0.2) is 0 Å². The van der Waals surface area contributed by atoms with Crippen LogP contribution in [0, 0.1) is 0 Å². The highest BCUT2D eigenvalue weighted by molar-refractivity contribution is 5.69. The maximum Gasteiger partial charge on any atom is 0.416 e. The van der Waals surface area contributed by atoms with Gasteiger partial charge in [-0.05, 0) is 57.6 Å². The number of rotatable bonds is 8. The lowest BCUT2D eigenvalue weighted by molar-refractivity contribution is -0.139. The number of aliphatic carboxylic acids is 1. The molecule has 1 aromatic carbocycles. The molecule has 2 rings (SSSR count). The van der Waals surface area contributed by atoms with Crippen LogP contribution in [0.25, 0.3) is 0 Å². The smallest absolute Gasteiger partial charge is 0.416 e. The summed E-state index contributed by atoms with van der Waals surface area (Å²) in [5.74, 6) is -0.588. The molecule has 0 aliphatic carbocycles. The summed E-state index contributed by atoms with van der Waals surface area (Å²) in [6.45, 7) is 3.00. The van der Waals surface area contributed by atoms with Crippen molar-refractivity contribution in [2.24, 2.45) is 0 Å². The van der Waals surface area contributed by atoms with Crippen LogP contribution in [0.5, 0.6) is 5.75 Å². The van der Waals surface area contributed by atoms with E-state index in [-0.39, 0.29) is 18.3 Å². The van der Waals surface area contributed by atoms with Gasteiger partial charge in [-0.25, -0.2) is 0 Å². The molecular formula is C18H25F3N2O3. The molecule has 1 N–H and O–H groups in total. The van der Waals surface area contributed by atoms with Crippen LogP contribution in [0.15, 0.2) is 24.3 Å². The minimum absolute atomic E-state index is 0.0511. The quantitative estimate of drug-likeness (QED) is 0.709. The summed E-state index contributed by atoms with van der Waals surface area (Å²) in [5.41, 5.74) is -0.706. The summed E-state index contributed by atoms with van der Waals surface area (Å²) in [6, 6.07) is 5.20. The summed E-state index contributed by atoms with van der Waals surface area (Å²) in [5, 5.41) is 8.84. The zero-order valence-electron chi connectivity index (χ0n) is 14.8. The molecule has 1 fully saturated rings. The average Bonchev–Trinajstić information content (AvgIpc) is 2.58. The molecule has 0 radical (unpaired) electrons. The van der Waals surface area contributed by atoms with Crippen molar-refractivity contribution in [3.63, 3.8) is 0 Å². The number of carboxylic acid groups (broad SMARTS) is 1. The fraction of sp³-hybridized carbons (Fsp3) is 0.611. The largest absolute Gasteiger partial charge is 0.494 e. The first kappa shape index (κ1) is 20.5. The second-order valence-corrected chi connectivity index (χ2v) is 6.61. The van der Waals surface area contributed by atoms with Gasteiger partial charge in [-0.3, -0.25) is 9.69 Å². The predicted octanol–water partition coefficient (Wildman–Crippen LogP) is 2.96. The number of piperidine rings is 1. The van der Waals surface area contributed by atoms with Gasteiger partial charge < -0.3 is 14.7 Å².